The monoisotopic (exact) mass is 382 g/mol. The van der Waals surface area contributed by atoms with Gasteiger partial charge in [0, 0.05) is 38.1 Å². The van der Waals surface area contributed by atoms with Gasteiger partial charge in [-0.2, -0.15) is 0 Å². The highest BCUT2D eigenvalue weighted by Gasteiger charge is 2.12. The number of urea groups is 1. The molecule has 0 aliphatic heterocycles. The number of hydrogen-bond acceptors (Lipinski definition) is 5. The van der Waals surface area contributed by atoms with Gasteiger partial charge in [-0.25, -0.2) is 14.3 Å². The second kappa shape index (κ2) is 8.85. The van der Waals surface area contributed by atoms with Gasteiger partial charge in [-0.05, 0) is 29.8 Å². The SMILES string of the molecule is COc1ccc(CNC(=O)NCCn2nc(-c3cccnc3)n(C)c2=O)cc1. The third kappa shape index (κ3) is 4.56. The first-order chi connectivity index (χ1) is 13.6. The predicted octanol–water partition coefficient (Wildman–Crippen LogP) is 1.15. The molecule has 28 heavy (non-hydrogen) atoms. The minimum atomic E-state index is -0.313. The maximum absolute atomic E-state index is 12.3. The quantitative estimate of drug-likeness (QED) is 0.638. The average Bonchev–Trinajstić information content (AvgIpc) is 3.02. The number of benzene rings is 1. The molecule has 0 aliphatic carbocycles. The molecule has 146 valence electrons. The van der Waals surface area contributed by atoms with Crippen molar-refractivity contribution in [2.45, 2.75) is 13.1 Å². The number of pyridine rings is 1. The summed E-state index contributed by atoms with van der Waals surface area (Å²) in [6.45, 7) is 0.936. The summed E-state index contributed by atoms with van der Waals surface area (Å²) in [6, 6.07) is 10.7. The van der Waals surface area contributed by atoms with E-state index in [1.165, 1.54) is 9.25 Å². The van der Waals surface area contributed by atoms with Gasteiger partial charge in [0.1, 0.15) is 5.75 Å². The highest BCUT2D eigenvalue weighted by molar-refractivity contribution is 5.73. The van der Waals surface area contributed by atoms with Crippen LogP contribution in [0.3, 0.4) is 0 Å². The van der Waals surface area contributed by atoms with E-state index in [2.05, 4.69) is 20.7 Å². The fourth-order valence-electron chi connectivity index (χ4n) is 2.64. The molecule has 2 amide bonds. The smallest absolute Gasteiger partial charge is 0.345 e. The summed E-state index contributed by atoms with van der Waals surface area (Å²) in [4.78, 5) is 28.3. The molecule has 2 N–H and O–H groups in total. The first kappa shape index (κ1) is 19.2. The van der Waals surface area contributed by atoms with E-state index in [4.69, 9.17) is 4.74 Å². The molecule has 0 bridgehead atoms. The van der Waals surface area contributed by atoms with Crippen LogP contribution in [0.25, 0.3) is 11.4 Å². The van der Waals surface area contributed by atoms with Crippen molar-refractivity contribution in [1.82, 2.24) is 30.0 Å². The molecule has 2 heterocycles. The molecule has 0 spiro atoms. The van der Waals surface area contributed by atoms with Crippen LogP contribution in [0.1, 0.15) is 5.56 Å². The number of amides is 2. The van der Waals surface area contributed by atoms with Gasteiger partial charge in [0.2, 0.25) is 0 Å². The van der Waals surface area contributed by atoms with Crippen LogP contribution in [-0.4, -0.2) is 39.0 Å². The van der Waals surface area contributed by atoms with E-state index < -0.39 is 0 Å². The van der Waals surface area contributed by atoms with Gasteiger partial charge in [0.05, 0.1) is 13.7 Å². The number of carbonyl (C=O) groups is 1. The van der Waals surface area contributed by atoms with Crippen LogP contribution in [-0.2, 0) is 20.1 Å². The summed E-state index contributed by atoms with van der Waals surface area (Å²) in [5.41, 5.74) is 1.46. The van der Waals surface area contributed by atoms with Crippen molar-refractivity contribution < 1.29 is 9.53 Å². The largest absolute Gasteiger partial charge is 0.497 e. The van der Waals surface area contributed by atoms with E-state index in [1.54, 1.807) is 32.6 Å². The van der Waals surface area contributed by atoms with Gasteiger partial charge in [-0.15, -0.1) is 5.10 Å². The number of nitrogens with one attached hydrogen (secondary N) is 2. The standard InChI is InChI=1S/C19H22N6O3/c1-24-17(15-4-3-9-20-13-15)23-25(19(24)27)11-10-21-18(26)22-12-14-5-7-16(28-2)8-6-14/h3-9,13H,10-12H2,1-2H3,(H2,21,22,26). The fourth-order valence-corrected chi connectivity index (χ4v) is 2.64. The van der Waals surface area contributed by atoms with Crippen molar-refractivity contribution >= 4 is 6.03 Å². The Morgan fingerprint density at radius 2 is 1.96 bits per heavy atom. The molecule has 0 radical (unpaired) electrons. The summed E-state index contributed by atoms with van der Waals surface area (Å²) < 4.78 is 7.88. The van der Waals surface area contributed by atoms with Gasteiger partial charge in [0.15, 0.2) is 5.82 Å². The van der Waals surface area contributed by atoms with E-state index in [9.17, 15) is 9.59 Å². The molecule has 0 saturated heterocycles. The fraction of sp³-hybridized carbons (Fsp3) is 0.263. The molecular formula is C19H22N6O3. The molecule has 0 atom stereocenters. The van der Waals surface area contributed by atoms with E-state index in [0.29, 0.717) is 12.4 Å². The summed E-state index contributed by atoms with van der Waals surface area (Å²) in [5, 5.41) is 9.82. The third-order valence-corrected chi connectivity index (χ3v) is 4.18. The topological polar surface area (TPSA) is 103 Å². The Morgan fingerprint density at radius 3 is 2.64 bits per heavy atom. The molecule has 2 aromatic heterocycles. The first-order valence-electron chi connectivity index (χ1n) is 8.77. The summed E-state index contributed by atoms with van der Waals surface area (Å²) in [7, 11) is 3.26. The van der Waals surface area contributed by atoms with Crippen LogP contribution in [0.2, 0.25) is 0 Å². The third-order valence-electron chi connectivity index (χ3n) is 4.18. The van der Waals surface area contributed by atoms with Crippen molar-refractivity contribution in [1.29, 1.82) is 0 Å². The lowest BCUT2D eigenvalue weighted by atomic mass is 10.2. The number of aromatic nitrogens is 4. The lowest BCUT2D eigenvalue weighted by Gasteiger charge is -2.08. The van der Waals surface area contributed by atoms with Crippen molar-refractivity contribution in [3.05, 3.63) is 64.8 Å². The van der Waals surface area contributed by atoms with Crippen LogP contribution in [0.5, 0.6) is 5.75 Å². The summed E-state index contributed by atoms with van der Waals surface area (Å²) >= 11 is 0. The maximum Gasteiger partial charge on any atom is 0.345 e. The molecule has 1 aromatic carbocycles. The number of rotatable bonds is 7. The molecule has 0 aliphatic rings. The molecule has 0 fully saturated rings. The van der Waals surface area contributed by atoms with Crippen molar-refractivity contribution in [3.8, 4) is 17.1 Å². The van der Waals surface area contributed by atoms with E-state index in [0.717, 1.165) is 16.9 Å². The van der Waals surface area contributed by atoms with Crippen LogP contribution >= 0.6 is 0 Å². The first-order valence-corrected chi connectivity index (χ1v) is 8.77. The molecule has 0 saturated carbocycles. The molecule has 3 aromatic rings. The van der Waals surface area contributed by atoms with Gasteiger partial charge in [0.25, 0.3) is 0 Å². The van der Waals surface area contributed by atoms with Crippen molar-refractivity contribution in [2.24, 2.45) is 7.05 Å². The number of carbonyl (C=O) groups excluding carboxylic acids is 1. The number of hydrogen-bond donors (Lipinski definition) is 2. The van der Waals surface area contributed by atoms with Crippen LogP contribution in [0.4, 0.5) is 4.79 Å². The normalized spacial score (nSPS) is 10.5. The summed E-state index contributed by atoms with van der Waals surface area (Å²) in [5.74, 6) is 1.29. The Labute approximate surface area is 162 Å². The Balaban J connectivity index is 1.50. The second-order valence-corrected chi connectivity index (χ2v) is 6.09. The van der Waals surface area contributed by atoms with Crippen molar-refractivity contribution in [3.63, 3.8) is 0 Å². The van der Waals surface area contributed by atoms with E-state index >= 15 is 0 Å². The minimum absolute atomic E-state index is 0.251. The van der Waals surface area contributed by atoms with Crippen molar-refractivity contribution in [2.75, 3.05) is 13.7 Å². The molecule has 3 rings (SSSR count). The summed E-state index contributed by atoms with van der Waals surface area (Å²) in [6.07, 6.45) is 3.31. The van der Waals surface area contributed by atoms with Gasteiger partial charge >= 0.3 is 11.7 Å². The Morgan fingerprint density at radius 1 is 1.18 bits per heavy atom. The Kier molecular flexibility index (Phi) is 6.05. The lowest BCUT2D eigenvalue weighted by Crippen LogP contribution is -2.38. The molecule has 9 heteroatoms. The van der Waals surface area contributed by atoms with E-state index in [-0.39, 0.29) is 24.8 Å². The minimum Gasteiger partial charge on any atom is -0.497 e. The zero-order valence-corrected chi connectivity index (χ0v) is 15.8. The average molecular weight is 382 g/mol. The van der Waals surface area contributed by atoms with Gasteiger partial charge in [-0.3, -0.25) is 9.55 Å². The molecule has 0 unspecified atom stereocenters. The van der Waals surface area contributed by atoms with Gasteiger partial charge in [-0.1, -0.05) is 12.1 Å². The number of methoxy groups -OCH3 is 1. The van der Waals surface area contributed by atoms with Crippen LogP contribution in [0.15, 0.2) is 53.6 Å². The predicted molar refractivity (Wildman–Crippen MR) is 104 cm³/mol. The highest BCUT2D eigenvalue weighted by atomic mass is 16.5. The van der Waals surface area contributed by atoms with E-state index in [1.807, 2.05) is 30.3 Å². The highest BCUT2D eigenvalue weighted by Crippen LogP contribution is 2.12. The maximum atomic E-state index is 12.3. The van der Waals surface area contributed by atoms with Gasteiger partial charge < -0.3 is 15.4 Å². The zero-order valence-electron chi connectivity index (χ0n) is 15.8. The zero-order chi connectivity index (χ0) is 19.9. The lowest BCUT2D eigenvalue weighted by molar-refractivity contribution is 0.240. The second-order valence-electron chi connectivity index (χ2n) is 6.09. The molecular weight excluding hydrogens is 360 g/mol. The Hall–Kier alpha value is -3.62. The number of nitrogens with zero attached hydrogens (tertiary/aromatic N) is 4. The Bertz CT molecular complexity index is 979. The van der Waals surface area contributed by atoms with Crippen LogP contribution in [0, 0.1) is 0 Å². The van der Waals surface area contributed by atoms with Crippen LogP contribution < -0.4 is 21.1 Å². The number of ether oxygens (including phenoxy) is 1. The molecule has 9 nitrogen and oxygen atoms in total.